The summed E-state index contributed by atoms with van der Waals surface area (Å²) in [5, 5.41) is 14.4. The van der Waals surface area contributed by atoms with Crippen molar-refractivity contribution in [3.63, 3.8) is 0 Å². The third-order valence-electron chi connectivity index (χ3n) is 5.19. The Morgan fingerprint density at radius 1 is 1.14 bits per heavy atom. The maximum atomic E-state index is 12.6. The quantitative estimate of drug-likeness (QED) is 0.615. The molecule has 2 aromatic carbocycles. The van der Waals surface area contributed by atoms with Crippen LogP contribution < -0.4 is 19.7 Å². The molecule has 0 unspecified atom stereocenters. The molecule has 0 radical (unpaired) electrons. The number of nitrogens with zero attached hydrogens (tertiary/aromatic N) is 2. The van der Waals surface area contributed by atoms with Crippen LogP contribution in [0.4, 0.5) is 11.4 Å². The van der Waals surface area contributed by atoms with Crippen molar-refractivity contribution >= 4 is 17.3 Å². The fourth-order valence-corrected chi connectivity index (χ4v) is 3.69. The molecule has 152 valence electrons. The summed E-state index contributed by atoms with van der Waals surface area (Å²) >= 11 is 0. The molecule has 2 aliphatic heterocycles. The fraction of sp³-hybridized carbons (Fsp3) is 0.381. The molecule has 4 rings (SSSR count). The van der Waals surface area contributed by atoms with Crippen LogP contribution in [0.15, 0.2) is 42.5 Å². The number of para-hydroxylation sites is 2. The number of benzene rings is 2. The lowest BCUT2D eigenvalue weighted by atomic mass is 10.1. The molecule has 0 aromatic heterocycles. The molecule has 1 saturated heterocycles. The molecule has 8 nitrogen and oxygen atoms in total. The van der Waals surface area contributed by atoms with Crippen molar-refractivity contribution in [1.82, 2.24) is 5.32 Å². The Kier molecular flexibility index (Phi) is 5.50. The van der Waals surface area contributed by atoms with E-state index in [-0.39, 0.29) is 29.8 Å². The Hall–Kier alpha value is -3.29. The molecule has 0 aliphatic carbocycles. The summed E-state index contributed by atoms with van der Waals surface area (Å²) in [4.78, 5) is 25.7. The highest BCUT2D eigenvalue weighted by Crippen LogP contribution is 2.32. The van der Waals surface area contributed by atoms with Gasteiger partial charge in [-0.3, -0.25) is 14.9 Å². The summed E-state index contributed by atoms with van der Waals surface area (Å²) in [6, 6.07) is 12.0. The van der Waals surface area contributed by atoms with Crippen LogP contribution in [0.5, 0.6) is 11.5 Å². The van der Waals surface area contributed by atoms with Crippen molar-refractivity contribution in [2.24, 2.45) is 0 Å². The number of ether oxygens (including phenoxy) is 2. The zero-order chi connectivity index (χ0) is 20.2. The number of carbonyl (C=O) groups excluding carboxylic acids is 1. The molecule has 1 N–H and O–H groups in total. The summed E-state index contributed by atoms with van der Waals surface area (Å²) in [5.74, 6) is 0.944. The number of piperidine rings is 1. The third kappa shape index (κ3) is 4.26. The van der Waals surface area contributed by atoms with Crippen molar-refractivity contribution in [2.75, 3.05) is 31.1 Å². The minimum atomic E-state index is -0.421. The maximum absolute atomic E-state index is 12.6. The SMILES string of the molecule is O=C(NC[C@H]1COc2ccccc2O1)c1ccc(N2CCCCC2)c([N+](=O)[O-])c1. The van der Waals surface area contributed by atoms with Gasteiger partial charge in [-0.05, 0) is 43.5 Å². The van der Waals surface area contributed by atoms with Gasteiger partial charge < -0.3 is 19.7 Å². The topological polar surface area (TPSA) is 93.9 Å². The molecule has 0 bridgehead atoms. The molecule has 2 heterocycles. The molecule has 2 aliphatic rings. The number of nitro benzene ring substituents is 1. The Bertz CT molecular complexity index is 911. The van der Waals surface area contributed by atoms with Crippen LogP contribution in [0.1, 0.15) is 29.6 Å². The second-order valence-electron chi connectivity index (χ2n) is 7.22. The summed E-state index contributed by atoms with van der Waals surface area (Å²) in [6.45, 7) is 2.17. The number of nitrogens with one attached hydrogen (secondary N) is 1. The van der Waals surface area contributed by atoms with Crippen LogP contribution in [0.25, 0.3) is 0 Å². The van der Waals surface area contributed by atoms with Gasteiger partial charge in [0, 0.05) is 24.7 Å². The number of nitro groups is 1. The first kappa shape index (κ1) is 19.0. The van der Waals surface area contributed by atoms with E-state index in [1.807, 2.05) is 29.2 Å². The summed E-state index contributed by atoms with van der Waals surface area (Å²) in [7, 11) is 0. The lowest BCUT2D eigenvalue weighted by Crippen LogP contribution is -2.40. The van der Waals surface area contributed by atoms with Gasteiger partial charge in [0.25, 0.3) is 11.6 Å². The van der Waals surface area contributed by atoms with Gasteiger partial charge in [-0.25, -0.2) is 0 Å². The van der Waals surface area contributed by atoms with Gasteiger partial charge in [0.05, 0.1) is 11.5 Å². The van der Waals surface area contributed by atoms with Crippen LogP contribution in [-0.4, -0.2) is 43.2 Å². The van der Waals surface area contributed by atoms with Crippen molar-refractivity contribution < 1.29 is 19.2 Å². The number of amides is 1. The van der Waals surface area contributed by atoms with Gasteiger partial charge in [-0.2, -0.15) is 0 Å². The Balaban J connectivity index is 1.42. The smallest absolute Gasteiger partial charge is 0.293 e. The standard InChI is InChI=1S/C21H23N3O5/c25-21(22-13-16-14-28-19-6-2-3-7-20(19)29-16)15-8-9-17(18(12-15)24(26)27)23-10-4-1-5-11-23/h2-3,6-9,12,16H,1,4-5,10-11,13-14H2,(H,22,25)/t16-/m0/s1. The van der Waals surface area contributed by atoms with Gasteiger partial charge in [-0.15, -0.1) is 0 Å². The van der Waals surface area contributed by atoms with Gasteiger partial charge in [0.2, 0.25) is 0 Å². The third-order valence-corrected chi connectivity index (χ3v) is 5.19. The van der Waals surface area contributed by atoms with E-state index >= 15 is 0 Å². The summed E-state index contributed by atoms with van der Waals surface area (Å²) in [6.07, 6.45) is 2.86. The van der Waals surface area contributed by atoms with E-state index in [0.717, 1.165) is 32.4 Å². The van der Waals surface area contributed by atoms with Crippen molar-refractivity contribution in [3.8, 4) is 11.5 Å². The normalized spacial score (nSPS) is 18.2. The first-order chi connectivity index (χ1) is 14.1. The Morgan fingerprint density at radius 2 is 1.90 bits per heavy atom. The molecule has 29 heavy (non-hydrogen) atoms. The molecule has 2 aromatic rings. The van der Waals surface area contributed by atoms with E-state index in [0.29, 0.717) is 23.8 Å². The van der Waals surface area contributed by atoms with Gasteiger partial charge >= 0.3 is 0 Å². The summed E-state index contributed by atoms with van der Waals surface area (Å²) < 4.78 is 11.5. The summed E-state index contributed by atoms with van der Waals surface area (Å²) in [5.41, 5.74) is 0.798. The molecule has 1 atom stereocenters. The van der Waals surface area contributed by atoms with Crippen LogP contribution in [0, 0.1) is 10.1 Å². The van der Waals surface area contributed by atoms with Gasteiger partial charge in [-0.1, -0.05) is 12.1 Å². The molecular weight excluding hydrogens is 374 g/mol. The number of rotatable bonds is 5. The number of fused-ring (bicyclic) bond motifs is 1. The van der Waals surface area contributed by atoms with E-state index in [1.165, 1.54) is 6.07 Å². The largest absolute Gasteiger partial charge is 0.486 e. The van der Waals surface area contributed by atoms with Crippen LogP contribution in [0.2, 0.25) is 0 Å². The molecule has 1 amide bonds. The molecular formula is C21H23N3O5. The van der Waals surface area contributed by atoms with E-state index in [1.54, 1.807) is 12.1 Å². The van der Waals surface area contributed by atoms with E-state index in [4.69, 9.17) is 9.47 Å². The molecule has 8 heteroatoms. The predicted molar refractivity (Wildman–Crippen MR) is 108 cm³/mol. The fourth-order valence-electron chi connectivity index (χ4n) is 3.69. The minimum Gasteiger partial charge on any atom is -0.486 e. The predicted octanol–water partition coefficient (Wildman–Crippen LogP) is 3.15. The van der Waals surface area contributed by atoms with Crippen LogP contribution in [0.3, 0.4) is 0 Å². The molecule has 0 spiro atoms. The maximum Gasteiger partial charge on any atom is 0.293 e. The van der Waals surface area contributed by atoms with E-state index < -0.39 is 4.92 Å². The number of anilines is 1. The lowest BCUT2D eigenvalue weighted by molar-refractivity contribution is -0.384. The Morgan fingerprint density at radius 3 is 2.66 bits per heavy atom. The first-order valence-electron chi connectivity index (χ1n) is 9.82. The van der Waals surface area contributed by atoms with Gasteiger partial charge in [0.15, 0.2) is 11.5 Å². The highest BCUT2D eigenvalue weighted by atomic mass is 16.6. The van der Waals surface area contributed by atoms with Crippen molar-refractivity contribution in [2.45, 2.75) is 25.4 Å². The van der Waals surface area contributed by atoms with E-state index in [2.05, 4.69) is 5.32 Å². The average molecular weight is 397 g/mol. The Labute approximate surface area is 168 Å². The second kappa shape index (κ2) is 8.38. The zero-order valence-corrected chi connectivity index (χ0v) is 16.0. The lowest BCUT2D eigenvalue weighted by Gasteiger charge is -2.28. The van der Waals surface area contributed by atoms with Crippen molar-refractivity contribution in [3.05, 3.63) is 58.1 Å². The van der Waals surface area contributed by atoms with E-state index in [9.17, 15) is 14.9 Å². The number of hydrogen-bond donors (Lipinski definition) is 1. The monoisotopic (exact) mass is 397 g/mol. The number of hydrogen-bond acceptors (Lipinski definition) is 6. The zero-order valence-electron chi connectivity index (χ0n) is 16.0. The minimum absolute atomic E-state index is 0.0364. The van der Waals surface area contributed by atoms with Crippen LogP contribution in [-0.2, 0) is 0 Å². The molecule has 1 fully saturated rings. The van der Waals surface area contributed by atoms with Gasteiger partial charge in [0.1, 0.15) is 18.4 Å². The van der Waals surface area contributed by atoms with Crippen LogP contribution >= 0.6 is 0 Å². The highest BCUT2D eigenvalue weighted by Gasteiger charge is 2.24. The number of carbonyl (C=O) groups is 1. The average Bonchev–Trinajstić information content (AvgIpc) is 2.77. The second-order valence-corrected chi connectivity index (χ2v) is 7.22. The highest BCUT2D eigenvalue weighted by molar-refractivity contribution is 5.95. The van der Waals surface area contributed by atoms with Crippen molar-refractivity contribution in [1.29, 1.82) is 0 Å². The molecule has 0 saturated carbocycles. The first-order valence-corrected chi connectivity index (χ1v) is 9.82.